The molecule has 4 heteroatoms. The van der Waals surface area contributed by atoms with E-state index in [1.165, 1.54) is 5.56 Å². The normalized spacial score (nSPS) is 17.6. The smallest absolute Gasteiger partial charge is 0.137 e. The number of benzene rings is 2. The summed E-state index contributed by atoms with van der Waals surface area (Å²) in [5.74, 6) is 0.841. The van der Waals surface area contributed by atoms with Crippen LogP contribution in [0, 0.1) is 12.7 Å². The van der Waals surface area contributed by atoms with Crippen LogP contribution in [0.1, 0.15) is 23.6 Å². The predicted molar refractivity (Wildman–Crippen MR) is 87.0 cm³/mol. The Bertz CT molecular complexity index is 644. The van der Waals surface area contributed by atoms with Crippen molar-refractivity contribution in [2.75, 3.05) is 11.1 Å². The first-order chi connectivity index (χ1) is 9.65. The molecule has 1 atom stereocenters. The van der Waals surface area contributed by atoms with Gasteiger partial charge in [-0.25, -0.2) is 4.39 Å². The average molecular weight is 352 g/mol. The summed E-state index contributed by atoms with van der Waals surface area (Å²) in [5.41, 5.74) is 3.37. The molecule has 0 saturated carbocycles. The molecule has 1 unspecified atom stereocenters. The molecule has 1 aliphatic heterocycles. The first kappa shape index (κ1) is 14.0. The van der Waals surface area contributed by atoms with E-state index in [1.807, 2.05) is 12.1 Å². The van der Waals surface area contributed by atoms with Crippen molar-refractivity contribution in [1.29, 1.82) is 0 Å². The Labute approximate surface area is 131 Å². The number of aryl methyl sites for hydroxylation is 1. The van der Waals surface area contributed by atoms with Gasteiger partial charge in [0.25, 0.3) is 0 Å². The number of thioether (sulfide) groups is 1. The second-order valence-electron chi connectivity index (χ2n) is 4.95. The van der Waals surface area contributed by atoms with Crippen molar-refractivity contribution < 1.29 is 4.39 Å². The van der Waals surface area contributed by atoms with Crippen molar-refractivity contribution >= 4 is 33.4 Å². The molecular weight excluding hydrogens is 337 g/mol. The highest BCUT2D eigenvalue weighted by Crippen LogP contribution is 2.39. The zero-order chi connectivity index (χ0) is 14.1. The summed E-state index contributed by atoms with van der Waals surface area (Å²) in [6.45, 7) is 2.08. The molecule has 0 radical (unpaired) electrons. The lowest BCUT2D eigenvalue weighted by atomic mass is 10.0. The van der Waals surface area contributed by atoms with Crippen molar-refractivity contribution in [3.05, 3.63) is 57.8 Å². The molecule has 3 rings (SSSR count). The molecule has 0 amide bonds. The number of anilines is 1. The zero-order valence-corrected chi connectivity index (χ0v) is 13.5. The van der Waals surface area contributed by atoms with Gasteiger partial charge in [-0.05, 0) is 48.7 Å². The second kappa shape index (κ2) is 5.78. The van der Waals surface area contributed by atoms with Crippen LogP contribution < -0.4 is 5.32 Å². The highest BCUT2D eigenvalue weighted by molar-refractivity contribution is 9.10. The van der Waals surface area contributed by atoms with Crippen molar-refractivity contribution in [3.8, 4) is 0 Å². The first-order valence-electron chi connectivity index (χ1n) is 6.59. The molecule has 0 fully saturated rings. The van der Waals surface area contributed by atoms with E-state index in [-0.39, 0.29) is 11.9 Å². The third-order valence-corrected chi connectivity index (χ3v) is 5.20. The number of rotatable bonds is 2. The van der Waals surface area contributed by atoms with E-state index in [0.717, 1.165) is 32.8 Å². The van der Waals surface area contributed by atoms with Crippen LogP contribution in [0.4, 0.5) is 10.1 Å². The van der Waals surface area contributed by atoms with Gasteiger partial charge in [0.05, 0.1) is 6.04 Å². The second-order valence-corrected chi connectivity index (χ2v) is 6.97. The van der Waals surface area contributed by atoms with Gasteiger partial charge in [0, 0.05) is 20.8 Å². The standard InChI is InChI=1S/C16H15BrFNS/c1-10-9-11(17)5-6-14(10)19-15-7-8-20-16-12(15)3-2-4-13(16)18/h2-6,9,15,19H,7-8H2,1H3. The maximum absolute atomic E-state index is 13.9. The summed E-state index contributed by atoms with van der Waals surface area (Å²) in [5, 5.41) is 3.56. The fourth-order valence-electron chi connectivity index (χ4n) is 2.51. The van der Waals surface area contributed by atoms with E-state index in [0.29, 0.717) is 0 Å². The Morgan fingerprint density at radius 3 is 2.95 bits per heavy atom. The number of fused-ring (bicyclic) bond motifs is 1. The van der Waals surface area contributed by atoms with Crippen LogP contribution in [0.25, 0.3) is 0 Å². The molecule has 0 spiro atoms. The van der Waals surface area contributed by atoms with E-state index in [2.05, 4.69) is 40.3 Å². The Morgan fingerprint density at radius 2 is 2.15 bits per heavy atom. The molecule has 1 nitrogen and oxygen atoms in total. The van der Waals surface area contributed by atoms with Crippen LogP contribution in [0.2, 0.25) is 0 Å². The number of hydrogen-bond acceptors (Lipinski definition) is 2. The molecule has 2 aromatic carbocycles. The zero-order valence-electron chi connectivity index (χ0n) is 11.1. The van der Waals surface area contributed by atoms with Gasteiger partial charge in [0.15, 0.2) is 0 Å². The van der Waals surface area contributed by atoms with Crippen molar-refractivity contribution in [2.24, 2.45) is 0 Å². The van der Waals surface area contributed by atoms with E-state index in [4.69, 9.17) is 0 Å². The SMILES string of the molecule is Cc1cc(Br)ccc1NC1CCSc2c(F)cccc21. The molecule has 0 saturated heterocycles. The highest BCUT2D eigenvalue weighted by atomic mass is 79.9. The van der Waals surface area contributed by atoms with Gasteiger partial charge in [-0.1, -0.05) is 28.1 Å². The minimum Gasteiger partial charge on any atom is -0.378 e. The molecule has 1 aliphatic rings. The summed E-state index contributed by atoms with van der Waals surface area (Å²) >= 11 is 5.09. The van der Waals surface area contributed by atoms with E-state index in [9.17, 15) is 4.39 Å². The van der Waals surface area contributed by atoms with Crippen LogP contribution in [-0.2, 0) is 0 Å². The fourth-order valence-corrected chi connectivity index (χ4v) is 4.13. The van der Waals surface area contributed by atoms with Gasteiger partial charge in [-0.15, -0.1) is 11.8 Å². The summed E-state index contributed by atoms with van der Waals surface area (Å²) in [6.07, 6.45) is 1.01. The molecule has 0 aliphatic carbocycles. The molecule has 0 aromatic heterocycles. The van der Waals surface area contributed by atoms with Gasteiger partial charge < -0.3 is 5.32 Å². The summed E-state index contributed by atoms with van der Waals surface area (Å²) in [7, 11) is 0. The monoisotopic (exact) mass is 351 g/mol. The number of nitrogens with one attached hydrogen (secondary N) is 1. The number of halogens is 2. The Morgan fingerprint density at radius 1 is 1.30 bits per heavy atom. The third kappa shape index (κ3) is 2.72. The van der Waals surface area contributed by atoms with Gasteiger partial charge in [-0.3, -0.25) is 0 Å². The maximum atomic E-state index is 13.9. The van der Waals surface area contributed by atoms with Gasteiger partial charge in [0.2, 0.25) is 0 Å². The molecule has 104 valence electrons. The minimum atomic E-state index is -0.105. The van der Waals surface area contributed by atoms with Crippen molar-refractivity contribution in [3.63, 3.8) is 0 Å². The Hall–Kier alpha value is -1.00. The lowest BCUT2D eigenvalue weighted by molar-refractivity contribution is 0.585. The number of hydrogen-bond donors (Lipinski definition) is 1. The van der Waals surface area contributed by atoms with Gasteiger partial charge >= 0.3 is 0 Å². The Balaban J connectivity index is 1.91. The quantitative estimate of drug-likeness (QED) is 0.761. The molecule has 2 aromatic rings. The molecule has 1 heterocycles. The first-order valence-corrected chi connectivity index (χ1v) is 8.37. The van der Waals surface area contributed by atoms with Crippen LogP contribution >= 0.6 is 27.7 Å². The van der Waals surface area contributed by atoms with Crippen LogP contribution in [0.5, 0.6) is 0 Å². The summed E-state index contributed by atoms with van der Waals surface area (Å²) in [4.78, 5) is 0.797. The Kier molecular flexibility index (Phi) is 4.03. The summed E-state index contributed by atoms with van der Waals surface area (Å²) < 4.78 is 14.9. The highest BCUT2D eigenvalue weighted by Gasteiger charge is 2.23. The molecule has 1 N–H and O–H groups in total. The lowest BCUT2D eigenvalue weighted by Crippen LogP contribution is -2.17. The van der Waals surface area contributed by atoms with Gasteiger partial charge in [-0.2, -0.15) is 0 Å². The third-order valence-electron chi connectivity index (χ3n) is 3.54. The van der Waals surface area contributed by atoms with Crippen LogP contribution in [0.3, 0.4) is 0 Å². The minimum absolute atomic E-state index is 0.105. The predicted octanol–water partition coefficient (Wildman–Crippen LogP) is 5.55. The van der Waals surface area contributed by atoms with Crippen molar-refractivity contribution in [1.82, 2.24) is 0 Å². The largest absolute Gasteiger partial charge is 0.378 e. The molecule has 0 bridgehead atoms. The van der Waals surface area contributed by atoms with Crippen LogP contribution in [0.15, 0.2) is 45.8 Å². The van der Waals surface area contributed by atoms with E-state index in [1.54, 1.807) is 23.9 Å². The topological polar surface area (TPSA) is 12.0 Å². The van der Waals surface area contributed by atoms with Crippen LogP contribution in [-0.4, -0.2) is 5.75 Å². The molecule has 20 heavy (non-hydrogen) atoms. The summed E-state index contributed by atoms with van der Waals surface area (Å²) in [6, 6.07) is 11.7. The fraction of sp³-hybridized carbons (Fsp3) is 0.250. The molecular formula is C16H15BrFNS. The van der Waals surface area contributed by atoms with Gasteiger partial charge in [0.1, 0.15) is 5.82 Å². The van der Waals surface area contributed by atoms with E-state index < -0.39 is 0 Å². The lowest BCUT2D eigenvalue weighted by Gasteiger charge is -2.27. The van der Waals surface area contributed by atoms with Crippen molar-refractivity contribution in [2.45, 2.75) is 24.3 Å². The average Bonchev–Trinajstić information content (AvgIpc) is 2.43. The maximum Gasteiger partial charge on any atom is 0.137 e. The van der Waals surface area contributed by atoms with E-state index >= 15 is 0 Å².